The van der Waals surface area contributed by atoms with Crippen LogP contribution in [-0.2, 0) is 13.1 Å². The first kappa shape index (κ1) is 16.5. The molecule has 0 saturated heterocycles. The third-order valence-corrected chi connectivity index (χ3v) is 3.34. The molecule has 0 amide bonds. The van der Waals surface area contributed by atoms with Crippen molar-refractivity contribution in [3.63, 3.8) is 0 Å². The quantitative estimate of drug-likeness (QED) is 0.744. The molecule has 0 saturated carbocycles. The van der Waals surface area contributed by atoms with Gasteiger partial charge in [-0.05, 0) is 50.4 Å². The molecule has 0 radical (unpaired) electrons. The van der Waals surface area contributed by atoms with Gasteiger partial charge in [0.2, 0.25) is 0 Å². The van der Waals surface area contributed by atoms with Crippen LogP contribution >= 0.6 is 0 Å². The van der Waals surface area contributed by atoms with E-state index in [1.165, 1.54) is 22.3 Å². The zero-order chi connectivity index (χ0) is 15.9. The lowest BCUT2D eigenvalue weighted by Crippen LogP contribution is -2.13. The Morgan fingerprint density at radius 3 is 1.68 bits per heavy atom. The van der Waals surface area contributed by atoms with E-state index in [0.29, 0.717) is 0 Å². The van der Waals surface area contributed by atoms with Gasteiger partial charge in [0.25, 0.3) is 0 Å². The molecule has 0 aliphatic heterocycles. The van der Waals surface area contributed by atoms with Gasteiger partial charge in [0.15, 0.2) is 0 Å². The zero-order valence-corrected chi connectivity index (χ0v) is 14.1. The SMILES string of the molecule is CN(C)Cc1cc(/C=C/c2ccccc2)cc(CN(C)C)c1. The molecule has 0 heterocycles. The van der Waals surface area contributed by atoms with Crippen LogP contribution in [0.5, 0.6) is 0 Å². The average Bonchev–Trinajstić information content (AvgIpc) is 2.44. The van der Waals surface area contributed by atoms with Crippen molar-refractivity contribution in [2.45, 2.75) is 13.1 Å². The fraction of sp³-hybridized carbons (Fsp3) is 0.300. The van der Waals surface area contributed by atoms with E-state index < -0.39 is 0 Å². The molecule has 0 aromatic heterocycles. The van der Waals surface area contributed by atoms with E-state index in [1.807, 2.05) is 6.07 Å². The normalized spacial score (nSPS) is 11.7. The van der Waals surface area contributed by atoms with Crippen LogP contribution < -0.4 is 0 Å². The summed E-state index contributed by atoms with van der Waals surface area (Å²) in [7, 11) is 8.44. The number of nitrogens with zero attached hydrogens (tertiary/aromatic N) is 2. The molecule has 116 valence electrons. The maximum absolute atomic E-state index is 2.31. The molecule has 0 atom stereocenters. The molecule has 0 aliphatic carbocycles. The number of hydrogen-bond donors (Lipinski definition) is 0. The van der Waals surface area contributed by atoms with Crippen LogP contribution in [0.25, 0.3) is 12.2 Å². The molecule has 0 spiro atoms. The standard InChI is InChI=1S/C20H26N2/c1-21(2)15-19-12-18(13-20(14-19)16-22(3)4)11-10-17-8-6-5-7-9-17/h5-14H,15-16H2,1-4H3/b11-10+. The van der Waals surface area contributed by atoms with Crippen molar-refractivity contribution in [2.24, 2.45) is 0 Å². The third kappa shape index (κ3) is 5.47. The maximum atomic E-state index is 2.31. The fourth-order valence-corrected chi connectivity index (χ4v) is 2.56. The average molecular weight is 294 g/mol. The molecular formula is C20H26N2. The van der Waals surface area contributed by atoms with Gasteiger partial charge in [0.05, 0.1) is 0 Å². The van der Waals surface area contributed by atoms with E-state index in [2.05, 4.69) is 92.6 Å². The lowest BCUT2D eigenvalue weighted by atomic mass is 10.0. The van der Waals surface area contributed by atoms with E-state index in [9.17, 15) is 0 Å². The first-order chi connectivity index (χ1) is 10.5. The van der Waals surface area contributed by atoms with Crippen molar-refractivity contribution in [3.05, 3.63) is 70.8 Å². The summed E-state index contributed by atoms with van der Waals surface area (Å²) in [6.45, 7) is 1.93. The van der Waals surface area contributed by atoms with Gasteiger partial charge in [-0.15, -0.1) is 0 Å². The van der Waals surface area contributed by atoms with Gasteiger partial charge in [-0.1, -0.05) is 60.7 Å². The Balaban J connectivity index is 2.26. The first-order valence-corrected chi connectivity index (χ1v) is 7.68. The molecule has 22 heavy (non-hydrogen) atoms. The van der Waals surface area contributed by atoms with E-state index in [-0.39, 0.29) is 0 Å². The summed E-state index contributed by atoms with van der Waals surface area (Å²) in [5.74, 6) is 0. The minimum Gasteiger partial charge on any atom is -0.305 e. The topological polar surface area (TPSA) is 6.48 Å². The fourth-order valence-electron chi connectivity index (χ4n) is 2.56. The van der Waals surface area contributed by atoms with Gasteiger partial charge >= 0.3 is 0 Å². The Morgan fingerprint density at radius 1 is 0.682 bits per heavy atom. The molecule has 2 heteroatoms. The monoisotopic (exact) mass is 294 g/mol. The van der Waals surface area contributed by atoms with Crippen LogP contribution in [0.4, 0.5) is 0 Å². The van der Waals surface area contributed by atoms with E-state index >= 15 is 0 Å². The highest BCUT2D eigenvalue weighted by molar-refractivity contribution is 5.70. The third-order valence-electron chi connectivity index (χ3n) is 3.34. The molecule has 2 aromatic rings. The van der Waals surface area contributed by atoms with Crippen LogP contribution in [0.15, 0.2) is 48.5 Å². The minimum atomic E-state index is 0.966. The number of rotatable bonds is 6. The second-order valence-electron chi connectivity index (χ2n) is 6.30. The predicted octanol–water partition coefficient (Wildman–Crippen LogP) is 3.98. The Morgan fingerprint density at radius 2 is 1.18 bits per heavy atom. The van der Waals surface area contributed by atoms with E-state index in [0.717, 1.165) is 13.1 Å². The lowest BCUT2D eigenvalue weighted by molar-refractivity contribution is 0.395. The van der Waals surface area contributed by atoms with Gasteiger partial charge < -0.3 is 9.80 Å². The second-order valence-corrected chi connectivity index (χ2v) is 6.30. The Hall–Kier alpha value is -1.90. The van der Waals surface area contributed by atoms with Gasteiger partial charge in [-0.3, -0.25) is 0 Å². The van der Waals surface area contributed by atoms with Gasteiger partial charge in [-0.2, -0.15) is 0 Å². The Labute approximate surface area is 134 Å². The van der Waals surface area contributed by atoms with Gasteiger partial charge in [-0.25, -0.2) is 0 Å². The van der Waals surface area contributed by atoms with Crippen molar-refractivity contribution >= 4 is 12.2 Å². The maximum Gasteiger partial charge on any atom is 0.0227 e. The van der Waals surface area contributed by atoms with Crippen molar-refractivity contribution in [1.29, 1.82) is 0 Å². The van der Waals surface area contributed by atoms with Crippen LogP contribution in [0.1, 0.15) is 22.3 Å². The van der Waals surface area contributed by atoms with Crippen LogP contribution in [-0.4, -0.2) is 38.0 Å². The Bertz CT molecular complexity index is 585. The lowest BCUT2D eigenvalue weighted by Gasteiger charge is -2.15. The summed E-state index contributed by atoms with van der Waals surface area (Å²) in [6.07, 6.45) is 4.38. The van der Waals surface area contributed by atoms with Crippen LogP contribution in [0, 0.1) is 0 Å². The minimum absolute atomic E-state index is 0.966. The number of benzene rings is 2. The second kappa shape index (κ2) is 7.92. The predicted molar refractivity (Wildman–Crippen MR) is 96.6 cm³/mol. The van der Waals surface area contributed by atoms with Crippen molar-refractivity contribution in [3.8, 4) is 0 Å². The highest BCUT2D eigenvalue weighted by Crippen LogP contribution is 2.16. The molecule has 0 fully saturated rings. The molecule has 2 nitrogen and oxygen atoms in total. The Kier molecular flexibility index (Phi) is 5.93. The highest BCUT2D eigenvalue weighted by atomic mass is 15.1. The highest BCUT2D eigenvalue weighted by Gasteiger charge is 2.02. The molecule has 0 bridgehead atoms. The van der Waals surface area contributed by atoms with E-state index in [4.69, 9.17) is 0 Å². The van der Waals surface area contributed by atoms with Crippen molar-refractivity contribution in [1.82, 2.24) is 9.80 Å². The van der Waals surface area contributed by atoms with E-state index in [1.54, 1.807) is 0 Å². The van der Waals surface area contributed by atoms with Gasteiger partial charge in [0, 0.05) is 13.1 Å². The first-order valence-electron chi connectivity index (χ1n) is 7.68. The van der Waals surface area contributed by atoms with Gasteiger partial charge in [0.1, 0.15) is 0 Å². The molecule has 2 rings (SSSR count). The summed E-state index contributed by atoms with van der Waals surface area (Å²) in [6, 6.07) is 17.3. The summed E-state index contributed by atoms with van der Waals surface area (Å²) >= 11 is 0. The molecule has 2 aromatic carbocycles. The zero-order valence-electron chi connectivity index (χ0n) is 14.1. The van der Waals surface area contributed by atoms with Crippen LogP contribution in [0.2, 0.25) is 0 Å². The molecular weight excluding hydrogens is 268 g/mol. The van der Waals surface area contributed by atoms with Crippen molar-refractivity contribution in [2.75, 3.05) is 28.2 Å². The molecule has 0 aliphatic rings. The molecule has 0 unspecified atom stereocenters. The largest absolute Gasteiger partial charge is 0.305 e. The molecule has 0 N–H and O–H groups in total. The smallest absolute Gasteiger partial charge is 0.0227 e. The summed E-state index contributed by atoms with van der Waals surface area (Å²) in [5, 5.41) is 0. The van der Waals surface area contributed by atoms with Crippen LogP contribution in [0.3, 0.4) is 0 Å². The summed E-state index contributed by atoms with van der Waals surface area (Å²) < 4.78 is 0. The van der Waals surface area contributed by atoms with Crippen molar-refractivity contribution < 1.29 is 0 Å². The summed E-state index contributed by atoms with van der Waals surface area (Å²) in [4.78, 5) is 4.42. The summed E-state index contributed by atoms with van der Waals surface area (Å²) in [5.41, 5.74) is 5.21. The number of hydrogen-bond acceptors (Lipinski definition) is 2.